The highest BCUT2D eigenvalue weighted by atomic mass is 16.1. The van der Waals surface area contributed by atoms with E-state index in [1.54, 1.807) is 12.1 Å². The van der Waals surface area contributed by atoms with Gasteiger partial charge in [-0.2, -0.15) is 0 Å². The Morgan fingerprint density at radius 1 is 1.22 bits per heavy atom. The molecule has 100 valence electrons. The SMILES string of the molecule is CC(C)CCCC(C)NC(=O)c1ccccc1N. The van der Waals surface area contributed by atoms with Crippen LogP contribution < -0.4 is 11.1 Å². The van der Waals surface area contributed by atoms with Crippen LogP contribution in [0.3, 0.4) is 0 Å². The lowest BCUT2D eigenvalue weighted by Gasteiger charge is -2.15. The summed E-state index contributed by atoms with van der Waals surface area (Å²) in [6.07, 6.45) is 3.35. The van der Waals surface area contributed by atoms with Gasteiger partial charge in [0.1, 0.15) is 0 Å². The maximum Gasteiger partial charge on any atom is 0.253 e. The molecule has 0 aromatic heterocycles. The van der Waals surface area contributed by atoms with E-state index in [4.69, 9.17) is 5.73 Å². The van der Waals surface area contributed by atoms with Crippen molar-refractivity contribution in [2.45, 2.75) is 46.1 Å². The molecule has 0 heterocycles. The molecule has 3 nitrogen and oxygen atoms in total. The molecule has 0 aliphatic carbocycles. The lowest BCUT2D eigenvalue weighted by Crippen LogP contribution is -2.33. The first kappa shape index (κ1) is 14.6. The zero-order valence-corrected chi connectivity index (χ0v) is 11.6. The number of nitrogens with two attached hydrogens (primary N) is 1. The summed E-state index contributed by atoms with van der Waals surface area (Å²) in [6.45, 7) is 6.47. The van der Waals surface area contributed by atoms with Gasteiger partial charge in [-0.25, -0.2) is 0 Å². The first-order valence-electron chi connectivity index (χ1n) is 6.66. The number of carbonyl (C=O) groups excluding carboxylic acids is 1. The van der Waals surface area contributed by atoms with Gasteiger partial charge in [-0.15, -0.1) is 0 Å². The van der Waals surface area contributed by atoms with E-state index in [1.165, 1.54) is 6.42 Å². The highest BCUT2D eigenvalue weighted by Crippen LogP contribution is 2.12. The van der Waals surface area contributed by atoms with Crippen molar-refractivity contribution in [2.24, 2.45) is 5.92 Å². The van der Waals surface area contributed by atoms with Crippen LogP contribution in [0.5, 0.6) is 0 Å². The molecule has 0 aliphatic rings. The molecule has 0 saturated carbocycles. The third-order valence-corrected chi connectivity index (χ3v) is 3.00. The summed E-state index contributed by atoms with van der Waals surface area (Å²) in [6, 6.07) is 7.35. The predicted octanol–water partition coefficient (Wildman–Crippen LogP) is 3.21. The van der Waals surface area contributed by atoms with Gasteiger partial charge in [-0.05, 0) is 31.4 Å². The number of nitrogens with one attached hydrogen (secondary N) is 1. The summed E-state index contributed by atoms with van der Waals surface area (Å²) >= 11 is 0. The Hall–Kier alpha value is -1.51. The average molecular weight is 248 g/mol. The first-order valence-corrected chi connectivity index (χ1v) is 6.66. The smallest absolute Gasteiger partial charge is 0.253 e. The fourth-order valence-electron chi connectivity index (χ4n) is 1.91. The molecule has 3 heteroatoms. The number of hydrogen-bond acceptors (Lipinski definition) is 2. The molecular weight excluding hydrogens is 224 g/mol. The zero-order chi connectivity index (χ0) is 13.5. The van der Waals surface area contributed by atoms with Crippen molar-refractivity contribution in [1.29, 1.82) is 0 Å². The van der Waals surface area contributed by atoms with Crippen molar-refractivity contribution in [1.82, 2.24) is 5.32 Å². The van der Waals surface area contributed by atoms with Gasteiger partial charge in [-0.1, -0.05) is 38.8 Å². The number of benzene rings is 1. The molecule has 3 N–H and O–H groups in total. The minimum atomic E-state index is -0.0786. The minimum Gasteiger partial charge on any atom is -0.398 e. The summed E-state index contributed by atoms with van der Waals surface area (Å²) in [5.41, 5.74) is 6.87. The second-order valence-electron chi connectivity index (χ2n) is 5.29. The molecule has 0 fully saturated rings. The van der Waals surface area contributed by atoms with Crippen LogP contribution in [0.25, 0.3) is 0 Å². The van der Waals surface area contributed by atoms with Crippen molar-refractivity contribution in [3.63, 3.8) is 0 Å². The second-order valence-corrected chi connectivity index (χ2v) is 5.29. The fourth-order valence-corrected chi connectivity index (χ4v) is 1.91. The Kier molecular flexibility index (Phi) is 5.69. The van der Waals surface area contributed by atoms with E-state index in [1.807, 2.05) is 19.1 Å². The summed E-state index contributed by atoms with van der Waals surface area (Å²) in [7, 11) is 0. The highest BCUT2D eigenvalue weighted by Gasteiger charge is 2.11. The number of carbonyl (C=O) groups is 1. The van der Waals surface area contributed by atoms with Crippen LogP contribution in [-0.4, -0.2) is 11.9 Å². The predicted molar refractivity (Wildman–Crippen MR) is 76.5 cm³/mol. The number of para-hydroxylation sites is 1. The first-order chi connectivity index (χ1) is 8.50. The van der Waals surface area contributed by atoms with E-state index < -0.39 is 0 Å². The van der Waals surface area contributed by atoms with Crippen molar-refractivity contribution in [3.05, 3.63) is 29.8 Å². The fraction of sp³-hybridized carbons (Fsp3) is 0.533. The van der Waals surface area contributed by atoms with Crippen molar-refractivity contribution < 1.29 is 4.79 Å². The molecule has 0 saturated heterocycles. The molecule has 0 radical (unpaired) electrons. The van der Waals surface area contributed by atoms with Gasteiger partial charge >= 0.3 is 0 Å². The van der Waals surface area contributed by atoms with Crippen LogP contribution in [-0.2, 0) is 0 Å². The minimum absolute atomic E-state index is 0.0786. The Balaban J connectivity index is 2.43. The monoisotopic (exact) mass is 248 g/mol. The Bertz CT molecular complexity index is 388. The lowest BCUT2D eigenvalue weighted by molar-refractivity contribution is 0.0938. The van der Waals surface area contributed by atoms with E-state index >= 15 is 0 Å². The van der Waals surface area contributed by atoms with Crippen LogP contribution in [0.1, 0.15) is 50.4 Å². The molecule has 18 heavy (non-hydrogen) atoms. The van der Waals surface area contributed by atoms with Gasteiger partial charge in [0.25, 0.3) is 5.91 Å². The standard InChI is InChI=1S/C15H24N2O/c1-11(2)7-6-8-12(3)17-15(18)13-9-4-5-10-14(13)16/h4-5,9-12H,6-8,16H2,1-3H3,(H,17,18). The van der Waals surface area contributed by atoms with Crippen molar-refractivity contribution in [3.8, 4) is 0 Å². The van der Waals surface area contributed by atoms with E-state index in [2.05, 4.69) is 19.2 Å². The van der Waals surface area contributed by atoms with Crippen LogP contribution in [0.4, 0.5) is 5.69 Å². The van der Waals surface area contributed by atoms with E-state index in [-0.39, 0.29) is 11.9 Å². The summed E-state index contributed by atoms with van der Waals surface area (Å²) in [4.78, 5) is 12.0. The van der Waals surface area contributed by atoms with Gasteiger partial charge in [0.05, 0.1) is 5.56 Å². The summed E-state index contributed by atoms with van der Waals surface area (Å²) in [5.74, 6) is 0.641. The molecular formula is C15H24N2O. The van der Waals surface area contributed by atoms with Gasteiger partial charge in [-0.3, -0.25) is 4.79 Å². The maximum atomic E-state index is 12.0. The Labute approximate surface area is 110 Å². The molecule has 1 rings (SSSR count). The number of anilines is 1. The van der Waals surface area contributed by atoms with Crippen molar-refractivity contribution in [2.75, 3.05) is 5.73 Å². The second kappa shape index (κ2) is 7.04. The van der Waals surface area contributed by atoms with Gasteiger partial charge in [0, 0.05) is 11.7 Å². The zero-order valence-electron chi connectivity index (χ0n) is 11.6. The normalized spacial score (nSPS) is 12.4. The van der Waals surface area contributed by atoms with Crippen LogP contribution in [0.2, 0.25) is 0 Å². The summed E-state index contributed by atoms with van der Waals surface area (Å²) in [5, 5.41) is 2.99. The third-order valence-electron chi connectivity index (χ3n) is 3.00. The Morgan fingerprint density at radius 2 is 1.89 bits per heavy atom. The van der Waals surface area contributed by atoms with Crippen LogP contribution >= 0.6 is 0 Å². The van der Waals surface area contributed by atoms with E-state index in [0.717, 1.165) is 18.8 Å². The van der Waals surface area contributed by atoms with Gasteiger partial charge in [0.2, 0.25) is 0 Å². The number of rotatable bonds is 6. The third kappa shape index (κ3) is 4.78. The van der Waals surface area contributed by atoms with E-state index in [0.29, 0.717) is 11.3 Å². The number of hydrogen-bond donors (Lipinski definition) is 2. The molecule has 0 bridgehead atoms. The number of nitrogen functional groups attached to an aromatic ring is 1. The summed E-state index contributed by atoms with van der Waals surface area (Å²) < 4.78 is 0. The highest BCUT2D eigenvalue weighted by molar-refractivity contribution is 5.99. The van der Waals surface area contributed by atoms with Crippen molar-refractivity contribution >= 4 is 11.6 Å². The molecule has 0 spiro atoms. The lowest BCUT2D eigenvalue weighted by atomic mass is 10.0. The van der Waals surface area contributed by atoms with Crippen LogP contribution in [0, 0.1) is 5.92 Å². The number of amides is 1. The quantitative estimate of drug-likeness (QED) is 0.759. The topological polar surface area (TPSA) is 55.1 Å². The molecule has 1 amide bonds. The Morgan fingerprint density at radius 3 is 2.50 bits per heavy atom. The average Bonchev–Trinajstić information content (AvgIpc) is 2.28. The molecule has 1 aromatic rings. The van der Waals surface area contributed by atoms with Gasteiger partial charge in [0.15, 0.2) is 0 Å². The molecule has 1 aromatic carbocycles. The van der Waals surface area contributed by atoms with Gasteiger partial charge < -0.3 is 11.1 Å². The maximum absolute atomic E-state index is 12.0. The molecule has 0 aliphatic heterocycles. The molecule has 1 atom stereocenters. The van der Waals surface area contributed by atoms with Crippen LogP contribution in [0.15, 0.2) is 24.3 Å². The molecule has 1 unspecified atom stereocenters. The van der Waals surface area contributed by atoms with E-state index in [9.17, 15) is 4.79 Å². The largest absolute Gasteiger partial charge is 0.398 e.